The molecular formula is C18H19F3N6O. The first-order chi connectivity index (χ1) is 13.5. The van der Waals surface area contributed by atoms with Crippen molar-refractivity contribution in [2.75, 3.05) is 42.6 Å². The van der Waals surface area contributed by atoms with Crippen molar-refractivity contribution in [2.24, 2.45) is 0 Å². The smallest absolute Gasteiger partial charge is 0.453 e. The highest BCUT2D eigenvalue weighted by molar-refractivity contribution is 5.59. The van der Waals surface area contributed by atoms with Crippen LogP contribution in [0, 0.1) is 0 Å². The Kier molecular flexibility index (Phi) is 4.70. The predicted molar refractivity (Wildman–Crippen MR) is 97.8 cm³/mol. The molecule has 1 aliphatic heterocycles. The molecule has 10 heteroatoms. The van der Waals surface area contributed by atoms with Gasteiger partial charge in [0.05, 0.1) is 12.3 Å². The molecule has 0 saturated carbocycles. The van der Waals surface area contributed by atoms with Crippen molar-refractivity contribution >= 4 is 17.2 Å². The van der Waals surface area contributed by atoms with E-state index in [1.54, 1.807) is 6.07 Å². The minimum atomic E-state index is -4.60. The molecule has 0 atom stereocenters. The minimum Gasteiger partial charge on any atom is -0.492 e. The standard InChI is InChI=1S/C18H19F3N6O/c1-2-28-14-6-4-3-5-13(14)25-9-11-26(12-10-25)16-8-7-15-22-23-17(18(19,20)21)27(15)24-16/h3-8H,2,9-12H2,1H3. The number of piperazine rings is 1. The van der Waals surface area contributed by atoms with Crippen LogP contribution in [0.2, 0.25) is 0 Å². The first kappa shape index (κ1) is 18.3. The van der Waals surface area contributed by atoms with E-state index in [2.05, 4.69) is 20.2 Å². The summed E-state index contributed by atoms with van der Waals surface area (Å²) in [5, 5.41) is 10.9. The van der Waals surface area contributed by atoms with Gasteiger partial charge in [0.2, 0.25) is 0 Å². The maximum absolute atomic E-state index is 13.1. The number of rotatable bonds is 4. The Hall–Kier alpha value is -3.04. The van der Waals surface area contributed by atoms with Gasteiger partial charge in [-0.1, -0.05) is 12.1 Å². The second kappa shape index (κ2) is 7.17. The zero-order chi connectivity index (χ0) is 19.7. The van der Waals surface area contributed by atoms with Crippen LogP contribution in [0.4, 0.5) is 24.7 Å². The Balaban J connectivity index is 1.53. The van der Waals surface area contributed by atoms with Crippen molar-refractivity contribution in [3.05, 3.63) is 42.2 Å². The fourth-order valence-electron chi connectivity index (χ4n) is 3.30. The lowest BCUT2D eigenvalue weighted by molar-refractivity contribution is -0.146. The van der Waals surface area contributed by atoms with Gasteiger partial charge < -0.3 is 14.5 Å². The maximum atomic E-state index is 13.1. The van der Waals surface area contributed by atoms with E-state index in [1.165, 1.54) is 6.07 Å². The van der Waals surface area contributed by atoms with Crippen LogP contribution in [0.15, 0.2) is 36.4 Å². The Bertz CT molecular complexity index is 965. The monoisotopic (exact) mass is 392 g/mol. The number of anilines is 2. The molecule has 0 aliphatic carbocycles. The fourth-order valence-corrected chi connectivity index (χ4v) is 3.30. The molecule has 0 bridgehead atoms. The van der Waals surface area contributed by atoms with Gasteiger partial charge in [0.1, 0.15) is 11.6 Å². The summed E-state index contributed by atoms with van der Waals surface area (Å²) in [7, 11) is 0. The third kappa shape index (κ3) is 3.41. The first-order valence-electron chi connectivity index (χ1n) is 8.99. The molecule has 0 spiro atoms. The average molecular weight is 392 g/mol. The molecule has 7 nitrogen and oxygen atoms in total. The SMILES string of the molecule is CCOc1ccccc1N1CCN(c2ccc3nnc(C(F)(F)F)n3n2)CC1. The molecule has 148 valence electrons. The third-order valence-electron chi connectivity index (χ3n) is 4.61. The summed E-state index contributed by atoms with van der Waals surface area (Å²) in [5.41, 5.74) is 1.09. The zero-order valence-electron chi connectivity index (χ0n) is 15.2. The maximum Gasteiger partial charge on any atom is 0.453 e. The summed E-state index contributed by atoms with van der Waals surface area (Å²) in [6.45, 7) is 5.19. The largest absolute Gasteiger partial charge is 0.492 e. The van der Waals surface area contributed by atoms with Crippen LogP contribution < -0.4 is 14.5 Å². The lowest BCUT2D eigenvalue weighted by Crippen LogP contribution is -2.47. The molecule has 3 heterocycles. The molecule has 1 aromatic carbocycles. The number of aromatic nitrogens is 4. The van der Waals surface area contributed by atoms with Gasteiger partial charge in [-0.15, -0.1) is 15.3 Å². The van der Waals surface area contributed by atoms with Crippen molar-refractivity contribution in [3.63, 3.8) is 0 Å². The average Bonchev–Trinajstić information content (AvgIpc) is 3.12. The molecule has 0 amide bonds. The number of halogens is 3. The van der Waals surface area contributed by atoms with Crippen LogP contribution >= 0.6 is 0 Å². The number of fused-ring (bicyclic) bond motifs is 1. The van der Waals surface area contributed by atoms with Crippen LogP contribution in [0.5, 0.6) is 5.75 Å². The van der Waals surface area contributed by atoms with E-state index in [0.29, 0.717) is 38.6 Å². The van der Waals surface area contributed by atoms with Crippen molar-refractivity contribution in [1.29, 1.82) is 0 Å². The van der Waals surface area contributed by atoms with Gasteiger partial charge in [0.15, 0.2) is 5.65 Å². The number of para-hydroxylation sites is 2. The molecule has 3 aromatic rings. The van der Waals surface area contributed by atoms with Gasteiger partial charge in [-0.25, -0.2) is 0 Å². The number of benzene rings is 1. The number of ether oxygens (including phenoxy) is 1. The van der Waals surface area contributed by atoms with E-state index >= 15 is 0 Å². The highest BCUT2D eigenvalue weighted by Gasteiger charge is 2.37. The van der Waals surface area contributed by atoms with Crippen LogP contribution in [0.1, 0.15) is 12.7 Å². The van der Waals surface area contributed by atoms with E-state index in [-0.39, 0.29) is 5.65 Å². The van der Waals surface area contributed by atoms with Gasteiger partial charge in [0.25, 0.3) is 5.82 Å². The summed E-state index contributed by atoms with van der Waals surface area (Å²) in [6, 6.07) is 11.0. The summed E-state index contributed by atoms with van der Waals surface area (Å²) in [6.07, 6.45) is -4.60. The predicted octanol–water partition coefficient (Wildman–Crippen LogP) is 2.87. The second-order valence-corrected chi connectivity index (χ2v) is 6.36. The summed E-state index contributed by atoms with van der Waals surface area (Å²) in [5.74, 6) is 0.182. The van der Waals surface area contributed by atoms with Crippen LogP contribution in [-0.2, 0) is 6.18 Å². The molecule has 28 heavy (non-hydrogen) atoms. The lowest BCUT2D eigenvalue weighted by atomic mass is 10.2. The summed E-state index contributed by atoms with van der Waals surface area (Å²) in [4.78, 5) is 4.17. The lowest BCUT2D eigenvalue weighted by Gasteiger charge is -2.37. The van der Waals surface area contributed by atoms with Crippen LogP contribution in [0.3, 0.4) is 0 Å². The summed E-state index contributed by atoms with van der Waals surface area (Å²) >= 11 is 0. The van der Waals surface area contributed by atoms with Crippen LogP contribution in [-0.4, -0.2) is 52.6 Å². The number of alkyl halides is 3. The van der Waals surface area contributed by atoms with Gasteiger partial charge in [0, 0.05) is 26.2 Å². The molecule has 1 saturated heterocycles. The molecule has 2 aromatic heterocycles. The van der Waals surface area contributed by atoms with Gasteiger partial charge in [-0.3, -0.25) is 0 Å². The van der Waals surface area contributed by atoms with E-state index in [1.807, 2.05) is 36.1 Å². The molecule has 0 radical (unpaired) electrons. The second-order valence-electron chi connectivity index (χ2n) is 6.36. The zero-order valence-corrected chi connectivity index (χ0v) is 15.2. The molecular weight excluding hydrogens is 373 g/mol. The van der Waals surface area contributed by atoms with Crippen LogP contribution in [0.25, 0.3) is 5.65 Å². The van der Waals surface area contributed by atoms with Crippen molar-refractivity contribution in [1.82, 2.24) is 19.8 Å². The minimum absolute atomic E-state index is 0.0698. The van der Waals surface area contributed by atoms with Crippen molar-refractivity contribution in [2.45, 2.75) is 13.1 Å². The quantitative estimate of drug-likeness (QED) is 0.681. The van der Waals surface area contributed by atoms with E-state index in [0.717, 1.165) is 16.0 Å². The Morgan fingerprint density at radius 2 is 1.68 bits per heavy atom. The van der Waals surface area contributed by atoms with Gasteiger partial charge in [-0.05, 0) is 31.2 Å². The highest BCUT2D eigenvalue weighted by atomic mass is 19.4. The van der Waals surface area contributed by atoms with E-state index in [9.17, 15) is 13.2 Å². The number of hydrogen-bond acceptors (Lipinski definition) is 6. The Morgan fingerprint density at radius 1 is 0.964 bits per heavy atom. The fraction of sp³-hybridized carbons (Fsp3) is 0.389. The number of nitrogens with zero attached hydrogens (tertiary/aromatic N) is 6. The first-order valence-corrected chi connectivity index (χ1v) is 8.99. The highest BCUT2D eigenvalue weighted by Crippen LogP contribution is 2.30. The Morgan fingerprint density at radius 3 is 2.39 bits per heavy atom. The van der Waals surface area contributed by atoms with Gasteiger partial charge in [-0.2, -0.15) is 17.7 Å². The molecule has 0 N–H and O–H groups in total. The third-order valence-corrected chi connectivity index (χ3v) is 4.61. The molecule has 4 rings (SSSR count). The van der Waals surface area contributed by atoms with Crippen molar-refractivity contribution in [3.8, 4) is 5.75 Å². The Labute approximate surface area is 159 Å². The molecule has 1 aliphatic rings. The van der Waals surface area contributed by atoms with Gasteiger partial charge >= 0.3 is 6.18 Å². The van der Waals surface area contributed by atoms with E-state index < -0.39 is 12.0 Å². The van der Waals surface area contributed by atoms with E-state index in [4.69, 9.17) is 4.74 Å². The topological polar surface area (TPSA) is 58.8 Å². The number of hydrogen-bond donors (Lipinski definition) is 0. The van der Waals surface area contributed by atoms with Crippen molar-refractivity contribution < 1.29 is 17.9 Å². The molecule has 0 unspecified atom stereocenters. The molecule has 1 fully saturated rings. The normalized spacial score (nSPS) is 15.3. The summed E-state index contributed by atoms with van der Waals surface area (Å²) < 4.78 is 45.7.